The molecule has 0 radical (unpaired) electrons. The minimum atomic E-state index is -0.508. The van der Waals surface area contributed by atoms with Crippen molar-refractivity contribution in [1.82, 2.24) is 4.90 Å². The summed E-state index contributed by atoms with van der Waals surface area (Å²) in [4.78, 5) is 32.6. The second-order valence-corrected chi connectivity index (χ2v) is 8.68. The summed E-state index contributed by atoms with van der Waals surface area (Å²) in [6.45, 7) is 3.82. The van der Waals surface area contributed by atoms with Crippen LogP contribution in [-0.4, -0.2) is 42.8 Å². The maximum atomic E-state index is 13.0. The summed E-state index contributed by atoms with van der Waals surface area (Å²) >= 11 is 1.43. The highest BCUT2D eigenvalue weighted by atomic mass is 32.2. The highest BCUT2D eigenvalue weighted by Gasteiger charge is 2.41. The van der Waals surface area contributed by atoms with E-state index in [0.29, 0.717) is 33.6 Å². The van der Waals surface area contributed by atoms with Gasteiger partial charge in [-0.1, -0.05) is 23.9 Å². The summed E-state index contributed by atoms with van der Waals surface area (Å²) in [7, 11) is 3.19. The zero-order valence-electron chi connectivity index (χ0n) is 20.0. The number of fused-ring (bicyclic) bond motifs is 1. The maximum absolute atomic E-state index is 13.0. The Morgan fingerprint density at radius 1 is 1.09 bits per heavy atom. The number of allylic oxidation sites excluding steroid dienone is 1. The Hall–Kier alpha value is -3.72. The molecule has 0 aromatic heterocycles. The Balaban J connectivity index is 1.64. The highest BCUT2D eigenvalue weighted by Crippen LogP contribution is 2.45. The first kappa shape index (κ1) is 24.4. The van der Waals surface area contributed by atoms with Crippen LogP contribution < -0.4 is 14.8 Å². The van der Waals surface area contributed by atoms with Gasteiger partial charge >= 0.3 is 5.97 Å². The molecular weight excluding hydrogens is 466 g/mol. The molecule has 2 aromatic rings. The molecule has 2 aliphatic heterocycles. The van der Waals surface area contributed by atoms with Crippen molar-refractivity contribution in [2.45, 2.75) is 26.3 Å². The van der Waals surface area contributed by atoms with E-state index in [1.54, 1.807) is 52.3 Å². The van der Waals surface area contributed by atoms with Gasteiger partial charge in [-0.3, -0.25) is 4.79 Å². The Bertz CT molecular complexity index is 1220. The average molecular weight is 494 g/mol. The quantitative estimate of drug-likeness (QED) is 0.525. The van der Waals surface area contributed by atoms with Gasteiger partial charge < -0.3 is 24.4 Å². The van der Waals surface area contributed by atoms with Crippen molar-refractivity contribution in [1.29, 1.82) is 0 Å². The Labute approximate surface area is 208 Å². The van der Waals surface area contributed by atoms with Crippen molar-refractivity contribution in [3.8, 4) is 11.5 Å². The largest absolute Gasteiger partial charge is 0.497 e. The molecular formula is C26H27N3O5S. The number of amidine groups is 1. The van der Waals surface area contributed by atoms with E-state index in [1.807, 2.05) is 34.6 Å². The molecule has 1 atom stereocenters. The number of esters is 1. The van der Waals surface area contributed by atoms with E-state index in [2.05, 4.69) is 10.3 Å². The molecule has 8 nitrogen and oxygen atoms in total. The van der Waals surface area contributed by atoms with Gasteiger partial charge in [0.1, 0.15) is 11.5 Å². The molecule has 0 fully saturated rings. The van der Waals surface area contributed by atoms with E-state index in [-0.39, 0.29) is 18.9 Å². The lowest BCUT2D eigenvalue weighted by Gasteiger charge is -2.36. The van der Waals surface area contributed by atoms with Crippen LogP contribution in [-0.2, 0) is 14.3 Å². The molecule has 1 N–H and O–H groups in total. The maximum Gasteiger partial charge on any atom is 0.338 e. The summed E-state index contributed by atoms with van der Waals surface area (Å²) in [5, 5.41) is 5.52. The average Bonchev–Trinajstić information content (AvgIpc) is 3.25. The van der Waals surface area contributed by atoms with Gasteiger partial charge in [-0.2, -0.15) is 0 Å². The standard InChI is InChI=1S/C26H27N3O5S/c1-5-34-25(31)23-16(2)27-26-29(24(23)17-7-6-8-21(13-17)33-4)19(15-35-26)14-22(30)28-18-9-11-20(32-3)12-10-18/h6-13,15,24H,5,14H2,1-4H3,(H,28,30). The number of ether oxygens (including phenoxy) is 3. The third kappa shape index (κ3) is 5.19. The molecule has 2 aromatic carbocycles. The molecule has 1 amide bonds. The van der Waals surface area contributed by atoms with Crippen LogP contribution in [0, 0.1) is 0 Å². The van der Waals surface area contributed by atoms with Crippen molar-refractivity contribution < 1.29 is 23.8 Å². The van der Waals surface area contributed by atoms with Crippen molar-refractivity contribution in [3.05, 3.63) is 76.5 Å². The van der Waals surface area contributed by atoms with Crippen molar-refractivity contribution >= 4 is 34.5 Å². The lowest BCUT2D eigenvalue weighted by molar-refractivity contribution is -0.139. The van der Waals surface area contributed by atoms with Crippen molar-refractivity contribution in [2.75, 3.05) is 26.1 Å². The summed E-state index contributed by atoms with van der Waals surface area (Å²) in [6, 6.07) is 14.2. The van der Waals surface area contributed by atoms with Crippen LogP contribution in [0.1, 0.15) is 31.9 Å². The monoisotopic (exact) mass is 493 g/mol. The second kappa shape index (κ2) is 10.7. The first-order valence-electron chi connectivity index (χ1n) is 11.1. The first-order chi connectivity index (χ1) is 16.9. The zero-order chi connectivity index (χ0) is 24.9. The summed E-state index contributed by atoms with van der Waals surface area (Å²) in [5.74, 6) is 0.764. The van der Waals surface area contributed by atoms with Crippen molar-refractivity contribution in [2.24, 2.45) is 4.99 Å². The van der Waals surface area contributed by atoms with E-state index in [1.165, 1.54) is 11.8 Å². The van der Waals surface area contributed by atoms with E-state index >= 15 is 0 Å². The molecule has 2 heterocycles. The predicted octanol–water partition coefficient (Wildman–Crippen LogP) is 4.87. The molecule has 0 spiro atoms. The van der Waals surface area contributed by atoms with Gasteiger partial charge in [-0.15, -0.1) is 0 Å². The molecule has 0 bridgehead atoms. The number of hydrogen-bond donors (Lipinski definition) is 1. The summed E-state index contributed by atoms with van der Waals surface area (Å²) in [6.07, 6.45) is 0.105. The fraction of sp³-hybridized carbons (Fsp3) is 0.269. The normalized spacial score (nSPS) is 16.8. The van der Waals surface area contributed by atoms with Crippen LogP contribution in [0.3, 0.4) is 0 Å². The third-order valence-electron chi connectivity index (χ3n) is 5.62. The molecule has 0 aliphatic carbocycles. The summed E-state index contributed by atoms with van der Waals surface area (Å²) < 4.78 is 16.0. The number of amides is 1. The van der Waals surface area contributed by atoms with Gasteiger partial charge in [0.15, 0.2) is 5.17 Å². The number of carbonyl (C=O) groups is 2. The van der Waals surface area contributed by atoms with E-state index in [4.69, 9.17) is 14.2 Å². The number of benzene rings is 2. The van der Waals surface area contributed by atoms with Gasteiger partial charge in [-0.05, 0) is 61.2 Å². The van der Waals surface area contributed by atoms with Crippen LogP contribution >= 0.6 is 11.8 Å². The highest BCUT2D eigenvalue weighted by molar-refractivity contribution is 8.16. The molecule has 0 saturated carbocycles. The van der Waals surface area contributed by atoms with E-state index in [0.717, 1.165) is 11.3 Å². The number of methoxy groups -OCH3 is 2. The van der Waals surface area contributed by atoms with Gasteiger partial charge in [-0.25, -0.2) is 9.79 Å². The molecule has 1 unspecified atom stereocenters. The van der Waals surface area contributed by atoms with Crippen LogP contribution in [0.4, 0.5) is 5.69 Å². The molecule has 0 saturated heterocycles. The van der Waals surface area contributed by atoms with Gasteiger partial charge in [0.2, 0.25) is 5.91 Å². The number of anilines is 1. The van der Waals surface area contributed by atoms with Gasteiger partial charge in [0.05, 0.1) is 44.6 Å². The number of nitrogens with zero attached hydrogens (tertiary/aromatic N) is 2. The van der Waals surface area contributed by atoms with Gasteiger partial charge in [0, 0.05) is 11.4 Å². The molecule has 4 rings (SSSR count). The predicted molar refractivity (Wildman–Crippen MR) is 136 cm³/mol. The van der Waals surface area contributed by atoms with Crippen LogP contribution in [0.15, 0.2) is 75.9 Å². The SMILES string of the molecule is CCOC(=O)C1=C(C)N=C2SC=C(CC(=O)Nc3ccc(OC)cc3)N2C1c1cccc(OC)c1. The van der Waals surface area contributed by atoms with Crippen molar-refractivity contribution in [3.63, 3.8) is 0 Å². The fourth-order valence-electron chi connectivity index (χ4n) is 4.01. The molecule has 182 valence electrons. The first-order valence-corrected chi connectivity index (χ1v) is 12.0. The Kier molecular flexibility index (Phi) is 7.45. The van der Waals surface area contributed by atoms with Crippen LogP contribution in [0.25, 0.3) is 0 Å². The minimum Gasteiger partial charge on any atom is -0.497 e. The number of hydrogen-bond acceptors (Lipinski definition) is 8. The number of thioether (sulfide) groups is 1. The smallest absolute Gasteiger partial charge is 0.338 e. The Morgan fingerprint density at radius 3 is 2.51 bits per heavy atom. The fourth-order valence-corrected chi connectivity index (χ4v) is 4.97. The minimum absolute atomic E-state index is 0.105. The van der Waals surface area contributed by atoms with E-state index < -0.39 is 12.0 Å². The van der Waals surface area contributed by atoms with Crippen LogP contribution in [0.5, 0.6) is 11.5 Å². The zero-order valence-corrected chi connectivity index (χ0v) is 20.8. The number of aliphatic imine (C=N–C) groups is 1. The number of nitrogens with one attached hydrogen (secondary N) is 1. The molecule has 35 heavy (non-hydrogen) atoms. The number of rotatable bonds is 8. The molecule has 9 heteroatoms. The Morgan fingerprint density at radius 2 is 1.83 bits per heavy atom. The topological polar surface area (TPSA) is 89.5 Å². The van der Waals surface area contributed by atoms with E-state index in [9.17, 15) is 9.59 Å². The summed E-state index contributed by atoms with van der Waals surface area (Å²) in [5.41, 5.74) is 3.27. The molecule has 2 aliphatic rings. The second-order valence-electron chi connectivity index (χ2n) is 7.84. The van der Waals surface area contributed by atoms with Gasteiger partial charge in [0.25, 0.3) is 0 Å². The lowest BCUT2D eigenvalue weighted by Crippen LogP contribution is -2.37. The number of carbonyl (C=O) groups excluding carboxylic acids is 2. The third-order valence-corrected chi connectivity index (χ3v) is 6.51. The lowest BCUT2D eigenvalue weighted by atomic mass is 9.93. The van der Waals surface area contributed by atoms with Crippen LogP contribution in [0.2, 0.25) is 0 Å².